The lowest BCUT2D eigenvalue weighted by atomic mass is 9.92. The number of nitrogens with two attached hydrogens (primary N) is 1. The van der Waals surface area contributed by atoms with Gasteiger partial charge in [-0.3, -0.25) is 0 Å². The van der Waals surface area contributed by atoms with Crippen molar-refractivity contribution in [2.24, 2.45) is 11.8 Å². The molecule has 1 aliphatic rings. The topological polar surface area (TPSA) is 64.8 Å². The van der Waals surface area contributed by atoms with E-state index in [0.29, 0.717) is 12.5 Å². The minimum absolute atomic E-state index is 0.0642. The van der Waals surface area contributed by atoms with Gasteiger partial charge in [-0.15, -0.1) is 0 Å². The Morgan fingerprint density at radius 3 is 2.60 bits per heavy atom. The van der Waals surface area contributed by atoms with Crippen molar-refractivity contribution in [3.8, 4) is 0 Å². The summed E-state index contributed by atoms with van der Waals surface area (Å²) >= 11 is 0. The lowest BCUT2D eigenvalue weighted by Crippen LogP contribution is -2.41. The van der Waals surface area contributed by atoms with E-state index in [0.717, 1.165) is 25.9 Å². The molecule has 1 atom stereocenters. The molecule has 0 aromatic heterocycles. The van der Waals surface area contributed by atoms with Crippen LogP contribution in [0, 0.1) is 5.92 Å². The third-order valence-corrected chi connectivity index (χ3v) is 2.94. The molecular weight excluding hydrogens is 196 g/mol. The Morgan fingerprint density at radius 2 is 2.13 bits per heavy atom. The van der Waals surface area contributed by atoms with E-state index in [9.17, 15) is 4.79 Å². The molecule has 1 rings (SSSR count). The van der Waals surface area contributed by atoms with Crippen LogP contribution in [0.5, 0.6) is 0 Å². The second kappa shape index (κ2) is 5.92. The average Bonchev–Trinajstić information content (AvgIpc) is 2.28. The molecule has 1 unspecified atom stereocenters. The smallest absolute Gasteiger partial charge is 0.409 e. The normalized spacial score (nSPS) is 20.1. The first-order valence-corrected chi connectivity index (χ1v) is 5.46. The molecule has 0 aromatic rings. The van der Waals surface area contributed by atoms with Crippen LogP contribution in [0.15, 0.2) is 0 Å². The first-order chi connectivity index (χ1) is 7.19. The van der Waals surface area contributed by atoms with E-state index < -0.39 is 0 Å². The fourth-order valence-electron chi connectivity index (χ4n) is 1.88. The summed E-state index contributed by atoms with van der Waals surface area (Å²) < 4.78 is 4.93. The van der Waals surface area contributed by atoms with Crippen LogP contribution >= 0.6 is 0 Å². The summed E-state index contributed by atoms with van der Waals surface area (Å²) in [4.78, 5) is 17.9. The van der Waals surface area contributed by atoms with Gasteiger partial charge >= 0.3 is 6.09 Å². The molecule has 1 heterocycles. The Kier molecular flexibility index (Phi) is 4.84. The van der Waals surface area contributed by atoms with Crippen LogP contribution in [0.25, 0.3) is 0 Å². The molecule has 0 spiro atoms. The number of nitrogens with zero attached hydrogens (tertiary/aromatic N) is 1. The van der Waals surface area contributed by atoms with Crippen molar-refractivity contribution >= 4 is 6.09 Å². The van der Waals surface area contributed by atoms with Crippen molar-refractivity contribution in [3.05, 3.63) is 0 Å². The Labute approximate surface area is 90.5 Å². The molecule has 0 radical (unpaired) electrons. The third-order valence-electron chi connectivity index (χ3n) is 2.94. The van der Waals surface area contributed by atoms with Gasteiger partial charge in [-0.2, -0.15) is 0 Å². The van der Waals surface area contributed by atoms with Crippen LogP contribution in [-0.2, 0) is 9.57 Å². The molecular formula is C10H20N2O3. The number of carbonyl (C=O) groups is 1. The van der Waals surface area contributed by atoms with Crippen molar-refractivity contribution in [2.45, 2.75) is 32.8 Å². The largest absolute Gasteiger partial charge is 0.450 e. The SMILES string of the molecule is CCOC(=O)N1CCC(C(C)ON)CC1. The van der Waals surface area contributed by atoms with E-state index in [-0.39, 0.29) is 12.2 Å². The van der Waals surface area contributed by atoms with E-state index in [1.807, 2.05) is 13.8 Å². The molecule has 88 valence electrons. The van der Waals surface area contributed by atoms with Crippen molar-refractivity contribution in [1.29, 1.82) is 0 Å². The van der Waals surface area contributed by atoms with Crippen LogP contribution in [-0.4, -0.2) is 36.8 Å². The van der Waals surface area contributed by atoms with Crippen LogP contribution in [0.3, 0.4) is 0 Å². The van der Waals surface area contributed by atoms with Gasteiger partial charge in [-0.25, -0.2) is 10.7 Å². The van der Waals surface area contributed by atoms with Crippen LogP contribution in [0.4, 0.5) is 4.79 Å². The molecule has 0 bridgehead atoms. The maximum Gasteiger partial charge on any atom is 0.409 e. The summed E-state index contributed by atoms with van der Waals surface area (Å²) in [5.41, 5.74) is 0. The van der Waals surface area contributed by atoms with Crippen LogP contribution in [0.1, 0.15) is 26.7 Å². The Bertz CT molecular complexity index is 203. The lowest BCUT2D eigenvalue weighted by Gasteiger charge is -2.33. The lowest BCUT2D eigenvalue weighted by molar-refractivity contribution is 0.000318. The number of hydrogen-bond donors (Lipinski definition) is 1. The quantitative estimate of drug-likeness (QED) is 0.718. The first kappa shape index (κ1) is 12.3. The predicted octanol–water partition coefficient (Wildman–Crippen LogP) is 1.13. The summed E-state index contributed by atoms with van der Waals surface area (Å²) in [6.07, 6.45) is 1.71. The number of rotatable bonds is 3. The van der Waals surface area contributed by atoms with Crippen LogP contribution < -0.4 is 5.90 Å². The van der Waals surface area contributed by atoms with Crippen molar-refractivity contribution in [2.75, 3.05) is 19.7 Å². The highest BCUT2D eigenvalue weighted by molar-refractivity contribution is 5.67. The van der Waals surface area contributed by atoms with Gasteiger partial charge in [0, 0.05) is 13.1 Å². The number of hydrogen-bond acceptors (Lipinski definition) is 4. The number of likely N-dealkylation sites (tertiary alicyclic amines) is 1. The highest BCUT2D eigenvalue weighted by Gasteiger charge is 2.26. The molecule has 2 N–H and O–H groups in total. The Balaban J connectivity index is 2.32. The second-order valence-electron chi connectivity index (χ2n) is 3.86. The molecule has 0 saturated carbocycles. The molecule has 1 saturated heterocycles. The van der Waals surface area contributed by atoms with E-state index in [1.165, 1.54) is 0 Å². The maximum atomic E-state index is 11.4. The summed E-state index contributed by atoms with van der Waals surface area (Å²) in [6.45, 7) is 5.68. The Hall–Kier alpha value is -0.810. The molecule has 5 heteroatoms. The summed E-state index contributed by atoms with van der Waals surface area (Å²) in [6, 6.07) is 0. The van der Waals surface area contributed by atoms with Crippen molar-refractivity contribution in [3.63, 3.8) is 0 Å². The monoisotopic (exact) mass is 216 g/mol. The average molecular weight is 216 g/mol. The first-order valence-electron chi connectivity index (χ1n) is 5.46. The maximum absolute atomic E-state index is 11.4. The zero-order chi connectivity index (χ0) is 11.3. The van der Waals surface area contributed by atoms with E-state index >= 15 is 0 Å². The molecule has 1 fully saturated rings. The molecule has 0 aromatic carbocycles. The van der Waals surface area contributed by atoms with Gasteiger partial charge in [0.05, 0.1) is 12.7 Å². The van der Waals surface area contributed by atoms with Gasteiger partial charge in [-0.05, 0) is 32.6 Å². The highest BCUT2D eigenvalue weighted by atomic mass is 16.6. The van der Waals surface area contributed by atoms with Gasteiger partial charge in [-0.1, -0.05) is 0 Å². The van der Waals surface area contributed by atoms with E-state index in [4.69, 9.17) is 15.5 Å². The summed E-state index contributed by atoms with van der Waals surface area (Å²) in [5, 5.41) is 0. The summed E-state index contributed by atoms with van der Waals surface area (Å²) in [5.74, 6) is 5.58. The zero-order valence-electron chi connectivity index (χ0n) is 9.44. The van der Waals surface area contributed by atoms with Gasteiger partial charge in [0.25, 0.3) is 0 Å². The van der Waals surface area contributed by atoms with Gasteiger partial charge in [0.15, 0.2) is 0 Å². The van der Waals surface area contributed by atoms with Crippen molar-refractivity contribution in [1.82, 2.24) is 4.90 Å². The number of carbonyl (C=O) groups excluding carboxylic acids is 1. The van der Waals surface area contributed by atoms with Crippen molar-refractivity contribution < 1.29 is 14.4 Å². The van der Waals surface area contributed by atoms with E-state index in [1.54, 1.807) is 4.90 Å². The minimum Gasteiger partial charge on any atom is -0.450 e. The van der Waals surface area contributed by atoms with Gasteiger partial charge in [0.2, 0.25) is 0 Å². The number of ether oxygens (including phenoxy) is 1. The Morgan fingerprint density at radius 1 is 1.53 bits per heavy atom. The fourth-order valence-corrected chi connectivity index (χ4v) is 1.88. The number of piperidine rings is 1. The standard InChI is InChI=1S/C10H20N2O3/c1-3-14-10(13)12-6-4-9(5-7-12)8(2)15-11/h8-9H,3-7,11H2,1-2H3. The molecule has 0 aliphatic carbocycles. The van der Waals surface area contributed by atoms with E-state index in [2.05, 4.69) is 0 Å². The minimum atomic E-state index is -0.211. The van der Waals surface area contributed by atoms with Gasteiger partial charge in [0.1, 0.15) is 0 Å². The fraction of sp³-hybridized carbons (Fsp3) is 0.900. The van der Waals surface area contributed by atoms with Gasteiger partial charge < -0.3 is 14.5 Å². The second-order valence-corrected chi connectivity index (χ2v) is 3.86. The molecule has 15 heavy (non-hydrogen) atoms. The molecule has 1 amide bonds. The molecule has 5 nitrogen and oxygen atoms in total. The predicted molar refractivity (Wildman–Crippen MR) is 56.1 cm³/mol. The summed E-state index contributed by atoms with van der Waals surface area (Å²) in [7, 11) is 0. The molecule has 1 aliphatic heterocycles. The highest BCUT2D eigenvalue weighted by Crippen LogP contribution is 2.22. The van der Waals surface area contributed by atoms with Crippen LogP contribution in [0.2, 0.25) is 0 Å². The number of amides is 1. The third kappa shape index (κ3) is 3.35. The zero-order valence-corrected chi connectivity index (χ0v) is 9.44.